The zero-order valence-corrected chi connectivity index (χ0v) is 13.6. The van der Waals surface area contributed by atoms with Crippen LogP contribution in [0.25, 0.3) is 0 Å². The van der Waals surface area contributed by atoms with Gasteiger partial charge in [0, 0.05) is 29.4 Å². The molecule has 20 heavy (non-hydrogen) atoms. The molecule has 0 spiro atoms. The van der Waals surface area contributed by atoms with Crippen LogP contribution in [0.5, 0.6) is 0 Å². The standard InChI is InChI=1S/C15H22N2OS.ClH/c1-16-11-6-8-17(9-7-11)15(18)13-10-19-14-5-3-2-4-12(13)14;/h10-11,16H,2-9H2,1H3;1H. The van der Waals surface area contributed by atoms with Gasteiger partial charge in [-0.1, -0.05) is 0 Å². The average molecular weight is 315 g/mol. The van der Waals surface area contributed by atoms with Gasteiger partial charge in [-0.05, 0) is 51.1 Å². The molecule has 112 valence electrons. The van der Waals surface area contributed by atoms with Gasteiger partial charge in [-0.15, -0.1) is 23.7 Å². The minimum Gasteiger partial charge on any atom is -0.338 e. The zero-order valence-electron chi connectivity index (χ0n) is 12.0. The van der Waals surface area contributed by atoms with Gasteiger partial charge in [0.1, 0.15) is 0 Å². The van der Waals surface area contributed by atoms with Crippen molar-refractivity contribution in [3.05, 3.63) is 21.4 Å². The number of likely N-dealkylation sites (tertiary alicyclic amines) is 1. The molecule has 2 heterocycles. The molecule has 0 radical (unpaired) electrons. The monoisotopic (exact) mass is 314 g/mol. The van der Waals surface area contributed by atoms with Gasteiger partial charge in [0.15, 0.2) is 0 Å². The molecule has 1 aromatic heterocycles. The number of piperidine rings is 1. The molecule has 5 heteroatoms. The number of nitrogens with one attached hydrogen (secondary N) is 1. The predicted molar refractivity (Wildman–Crippen MR) is 86.2 cm³/mol. The van der Waals surface area contributed by atoms with Crippen LogP contribution in [0.4, 0.5) is 0 Å². The van der Waals surface area contributed by atoms with Crippen LogP contribution in [0.1, 0.15) is 46.5 Å². The summed E-state index contributed by atoms with van der Waals surface area (Å²) < 4.78 is 0. The van der Waals surface area contributed by atoms with Crippen LogP contribution in [0.15, 0.2) is 5.38 Å². The normalized spacial score (nSPS) is 19.4. The third-order valence-electron chi connectivity index (χ3n) is 4.48. The molecule has 1 fully saturated rings. The van der Waals surface area contributed by atoms with Crippen LogP contribution >= 0.6 is 23.7 Å². The Hall–Kier alpha value is -0.580. The lowest BCUT2D eigenvalue weighted by Gasteiger charge is -2.32. The number of amides is 1. The van der Waals surface area contributed by atoms with Crippen molar-refractivity contribution in [2.75, 3.05) is 20.1 Å². The number of halogens is 1. The Morgan fingerprint density at radius 2 is 2.00 bits per heavy atom. The smallest absolute Gasteiger partial charge is 0.254 e. The predicted octanol–water partition coefficient (Wildman–Crippen LogP) is 2.87. The van der Waals surface area contributed by atoms with E-state index in [9.17, 15) is 4.79 Å². The summed E-state index contributed by atoms with van der Waals surface area (Å²) in [7, 11) is 2.01. The van der Waals surface area contributed by atoms with Crippen LogP contribution in [0, 0.1) is 0 Å². The van der Waals surface area contributed by atoms with E-state index in [1.807, 2.05) is 11.9 Å². The Kier molecular flexibility index (Phi) is 5.47. The molecule has 1 amide bonds. The molecular formula is C15H23ClN2OS. The summed E-state index contributed by atoms with van der Waals surface area (Å²) in [6, 6.07) is 0.584. The van der Waals surface area contributed by atoms with Crippen molar-refractivity contribution in [1.29, 1.82) is 0 Å². The second-order valence-electron chi connectivity index (χ2n) is 5.61. The summed E-state index contributed by atoms with van der Waals surface area (Å²) in [6.45, 7) is 1.80. The van der Waals surface area contributed by atoms with Crippen molar-refractivity contribution < 1.29 is 4.79 Å². The molecular weight excluding hydrogens is 292 g/mol. The van der Waals surface area contributed by atoms with E-state index in [1.165, 1.54) is 29.7 Å². The molecule has 1 aromatic rings. The summed E-state index contributed by atoms with van der Waals surface area (Å²) in [4.78, 5) is 16.1. The van der Waals surface area contributed by atoms with Crippen LogP contribution in [-0.4, -0.2) is 37.0 Å². The van der Waals surface area contributed by atoms with Crippen molar-refractivity contribution in [2.45, 2.75) is 44.6 Å². The minimum atomic E-state index is 0. The Balaban J connectivity index is 0.00000147. The molecule has 3 nitrogen and oxygen atoms in total. The van der Waals surface area contributed by atoms with Crippen LogP contribution < -0.4 is 5.32 Å². The lowest BCUT2D eigenvalue weighted by atomic mass is 9.95. The van der Waals surface area contributed by atoms with E-state index in [2.05, 4.69) is 10.7 Å². The first kappa shape index (κ1) is 15.8. The van der Waals surface area contributed by atoms with Crippen molar-refractivity contribution in [3.8, 4) is 0 Å². The number of hydrogen-bond acceptors (Lipinski definition) is 3. The summed E-state index contributed by atoms with van der Waals surface area (Å²) in [6.07, 6.45) is 6.96. The second-order valence-corrected chi connectivity index (χ2v) is 6.58. The lowest BCUT2D eigenvalue weighted by Crippen LogP contribution is -2.44. The molecule has 1 N–H and O–H groups in total. The molecule has 0 atom stereocenters. The van der Waals surface area contributed by atoms with Crippen LogP contribution in [0.2, 0.25) is 0 Å². The lowest BCUT2D eigenvalue weighted by molar-refractivity contribution is 0.0706. The highest BCUT2D eigenvalue weighted by Gasteiger charge is 2.26. The van der Waals surface area contributed by atoms with Crippen LogP contribution in [-0.2, 0) is 12.8 Å². The topological polar surface area (TPSA) is 32.3 Å². The molecule has 1 aliphatic carbocycles. The third-order valence-corrected chi connectivity index (χ3v) is 5.57. The number of aryl methyl sites for hydroxylation is 1. The molecule has 2 aliphatic rings. The first-order valence-electron chi connectivity index (χ1n) is 7.35. The largest absolute Gasteiger partial charge is 0.338 e. The van der Waals surface area contributed by atoms with Crippen molar-refractivity contribution in [2.24, 2.45) is 0 Å². The fourth-order valence-corrected chi connectivity index (χ4v) is 4.33. The highest BCUT2D eigenvalue weighted by molar-refractivity contribution is 7.10. The number of carbonyl (C=O) groups is 1. The summed E-state index contributed by atoms with van der Waals surface area (Å²) in [5, 5.41) is 5.41. The van der Waals surface area contributed by atoms with E-state index in [4.69, 9.17) is 0 Å². The van der Waals surface area contributed by atoms with E-state index in [0.717, 1.165) is 37.9 Å². The summed E-state index contributed by atoms with van der Waals surface area (Å²) in [5.41, 5.74) is 2.36. The molecule has 1 aliphatic heterocycles. The molecule has 0 bridgehead atoms. The molecule has 3 rings (SSSR count). The molecule has 1 saturated heterocycles. The third kappa shape index (κ3) is 3.02. The molecule has 0 saturated carbocycles. The zero-order chi connectivity index (χ0) is 13.2. The quantitative estimate of drug-likeness (QED) is 0.910. The maximum Gasteiger partial charge on any atom is 0.254 e. The van der Waals surface area contributed by atoms with Crippen LogP contribution in [0.3, 0.4) is 0 Å². The second kappa shape index (κ2) is 6.92. The van der Waals surface area contributed by atoms with E-state index in [-0.39, 0.29) is 18.3 Å². The number of carbonyl (C=O) groups excluding carboxylic acids is 1. The van der Waals surface area contributed by atoms with Gasteiger partial charge in [-0.25, -0.2) is 0 Å². The van der Waals surface area contributed by atoms with Gasteiger partial charge < -0.3 is 10.2 Å². The SMILES string of the molecule is CNC1CCN(C(=O)c2csc3c2CCCC3)CC1.Cl. The van der Waals surface area contributed by atoms with Gasteiger partial charge in [0.2, 0.25) is 0 Å². The van der Waals surface area contributed by atoms with E-state index >= 15 is 0 Å². The fourth-order valence-electron chi connectivity index (χ4n) is 3.21. The first-order chi connectivity index (χ1) is 9.29. The van der Waals surface area contributed by atoms with Gasteiger partial charge in [-0.2, -0.15) is 0 Å². The number of rotatable bonds is 2. The van der Waals surface area contributed by atoms with E-state index in [0.29, 0.717) is 6.04 Å². The minimum absolute atomic E-state index is 0. The summed E-state index contributed by atoms with van der Waals surface area (Å²) >= 11 is 1.79. The Labute approximate surface area is 131 Å². The number of thiophene rings is 1. The first-order valence-corrected chi connectivity index (χ1v) is 8.23. The number of hydrogen-bond donors (Lipinski definition) is 1. The van der Waals surface area contributed by atoms with Crippen molar-refractivity contribution in [1.82, 2.24) is 10.2 Å². The van der Waals surface area contributed by atoms with Gasteiger partial charge in [0.25, 0.3) is 5.91 Å². The maximum atomic E-state index is 12.6. The molecule has 0 aromatic carbocycles. The maximum absolute atomic E-state index is 12.6. The number of fused-ring (bicyclic) bond motifs is 1. The Morgan fingerprint density at radius 1 is 1.30 bits per heavy atom. The Morgan fingerprint density at radius 3 is 2.70 bits per heavy atom. The van der Waals surface area contributed by atoms with Gasteiger partial charge >= 0.3 is 0 Å². The molecule has 0 unspecified atom stereocenters. The average Bonchev–Trinajstić information content (AvgIpc) is 2.90. The van der Waals surface area contributed by atoms with Gasteiger partial charge in [0.05, 0.1) is 5.56 Å². The van der Waals surface area contributed by atoms with Crippen molar-refractivity contribution in [3.63, 3.8) is 0 Å². The van der Waals surface area contributed by atoms with Crippen molar-refractivity contribution >= 4 is 29.7 Å². The van der Waals surface area contributed by atoms with E-state index < -0.39 is 0 Å². The van der Waals surface area contributed by atoms with E-state index in [1.54, 1.807) is 11.3 Å². The highest BCUT2D eigenvalue weighted by atomic mass is 35.5. The fraction of sp³-hybridized carbons (Fsp3) is 0.667. The number of nitrogens with zero attached hydrogens (tertiary/aromatic N) is 1. The highest BCUT2D eigenvalue weighted by Crippen LogP contribution is 2.31. The van der Waals surface area contributed by atoms with Gasteiger partial charge in [-0.3, -0.25) is 4.79 Å². The summed E-state index contributed by atoms with van der Waals surface area (Å²) in [5.74, 6) is 0.272. The Bertz CT molecular complexity index is 466.